The molecule has 0 radical (unpaired) electrons. The molecule has 7 heteroatoms. The number of sulfonamides is 1. The first-order chi connectivity index (χ1) is 8.49. The van der Waals surface area contributed by atoms with Crippen molar-refractivity contribution >= 4 is 15.7 Å². The molecule has 0 amide bonds. The van der Waals surface area contributed by atoms with Crippen LogP contribution in [0.1, 0.15) is 12.8 Å². The molecule has 1 atom stereocenters. The van der Waals surface area contributed by atoms with Crippen LogP contribution >= 0.6 is 0 Å². The highest BCUT2D eigenvalue weighted by molar-refractivity contribution is 7.89. The van der Waals surface area contributed by atoms with Crippen molar-refractivity contribution < 1.29 is 17.5 Å². The largest absolute Gasteiger partial charge is 0.396 e. The van der Waals surface area contributed by atoms with Gasteiger partial charge in [-0.2, -0.15) is 0 Å². The Morgan fingerprint density at radius 2 is 2.28 bits per heavy atom. The maximum Gasteiger partial charge on any atom is 0.240 e. The zero-order chi connectivity index (χ0) is 13.2. The summed E-state index contributed by atoms with van der Waals surface area (Å²) in [4.78, 5) is -0.0422. The minimum Gasteiger partial charge on any atom is -0.396 e. The minimum atomic E-state index is -3.66. The van der Waals surface area contributed by atoms with Crippen molar-refractivity contribution in [3.8, 4) is 0 Å². The molecular formula is C11H15FN2O3S. The normalized spacial score (nSPS) is 20.2. The lowest BCUT2D eigenvalue weighted by Crippen LogP contribution is -2.31. The molecule has 0 saturated carbocycles. The Kier molecular flexibility index (Phi) is 3.84. The predicted molar refractivity (Wildman–Crippen MR) is 65.0 cm³/mol. The molecule has 3 N–H and O–H groups in total. The zero-order valence-electron chi connectivity index (χ0n) is 9.73. The van der Waals surface area contributed by atoms with Gasteiger partial charge in [-0.15, -0.1) is 0 Å². The monoisotopic (exact) mass is 274 g/mol. The first-order valence-corrected chi connectivity index (χ1v) is 7.13. The van der Waals surface area contributed by atoms with Gasteiger partial charge in [-0.1, -0.05) is 0 Å². The summed E-state index contributed by atoms with van der Waals surface area (Å²) in [6.45, 7) is 0.884. The highest BCUT2D eigenvalue weighted by Gasteiger charge is 2.20. The SMILES string of the molecule is Nc1cc(S(=O)(=O)NCC2CCCO2)ccc1F. The average molecular weight is 274 g/mol. The third kappa shape index (κ3) is 2.98. The van der Waals surface area contributed by atoms with Gasteiger partial charge in [0.15, 0.2) is 0 Å². The van der Waals surface area contributed by atoms with Gasteiger partial charge in [0.2, 0.25) is 10.0 Å². The van der Waals surface area contributed by atoms with E-state index in [9.17, 15) is 12.8 Å². The van der Waals surface area contributed by atoms with Gasteiger partial charge in [0.1, 0.15) is 5.82 Å². The molecule has 0 bridgehead atoms. The van der Waals surface area contributed by atoms with E-state index in [0.717, 1.165) is 25.0 Å². The maximum absolute atomic E-state index is 13.0. The molecule has 1 aromatic rings. The number of hydrogen-bond acceptors (Lipinski definition) is 4. The van der Waals surface area contributed by atoms with Crippen molar-refractivity contribution in [2.45, 2.75) is 23.8 Å². The summed E-state index contributed by atoms with van der Waals surface area (Å²) < 4.78 is 44.5. The Morgan fingerprint density at radius 3 is 2.89 bits per heavy atom. The van der Waals surface area contributed by atoms with E-state index in [4.69, 9.17) is 10.5 Å². The lowest BCUT2D eigenvalue weighted by atomic mass is 10.2. The predicted octanol–water partition coefficient (Wildman–Crippen LogP) is 0.865. The van der Waals surface area contributed by atoms with Gasteiger partial charge in [-0.25, -0.2) is 17.5 Å². The molecule has 0 spiro atoms. The summed E-state index contributed by atoms with van der Waals surface area (Å²) in [5.74, 6) is -0.631. The van der Waals surface area contributed by atoms with Gasteiger partial charge in [0.05, 0.1) is 16.7 Å². The van der Waals surface area contributed by atoms with E-state index in [1.54, 1.807) is 0 Å². The van der Waals surface area contributed by atoms with Gasteiger partial charge in [-0.05, 0) is 31.0 Å². The molecule has 0 aliphatic carbocycles. The number of nitrogens with one attached hydrogen (secondary N) is 1. The molecule has 1 aliphatic heterocycles. The molecule has 1 heterocycles. The minimum absolute atomic E-state index is 0.0422. The summed E-state index contributed by atoms with van der Waals surface area (Å²) >= 11 is 0. The summed E-state index contributed by atoms with van der Waals surface area (Å²) in [5.41, 5.74) is 5.16. The summed E-state index contributed by atoms with van der Waals surface area (Å²) in [6.07, 6.45) is 1.70. The van der Waals surface area contributed by atoms with Gasteiger partial charge in [0.25, 0.3) is 0 Å². The molecule has 1 aliphatic rings. The number of anilines is 1. The fourth-order valence-corrected chi connectivity index (χ4v) is 2.88. The summed E-state index contributed by atoms with van der Waals surface area (Å²) in [6, 6.07) is 3.33. The number of rotatable bonds is 4. The number of benzene rings is 1. The van der Waals surface area contributed by atoms with E-state index < -0.39 is 15.8 Å². The van der Waals surface area contributed by atoms with Gasteiger partial charge < -0.3 is 10.5 Å². The number of hydrogen-bond donors (Lipinski definition) is 2. The van der Waals surface area contributed by atoms with Crippen LogP contribution in [0.2, 0.25) is 0 Å². The number of ether oxygens (including phenoxy) is 1. The van der Waals surface area contributed by atoms with Crippen LogP contribution in [0.15, 0.2) is 23.1 Å². The first-order valence-electron chi connectivity index (χ1n) is 5.65. The van der Waals surface area contributed by atoms with Crippen LogP contribution in [0.3, 0.4) is 0 Å². The van der Waals surface area contributed by atoms with Crippen LogP contribution < -0.4 is 10.5 Å². The van der Waals surface area contributed by atoms with Crippen molar-refractivity contribution in [1.82, 2.24) is 4.72 Å². The molecule has 18 heavy (non-hydrogen) atoms. The van der Waals surface area contributed by atoms with Crippen molar-refractivity contribution in [3.05, 3.63) is 24.0 Å². The van der Waals surface area contributed by atoms with Crippen LogP contribution in [0.5, 0.6) is 0 Å². The molecule has 2 rings (SSSR count). The zero-order valence-corrected chi connectivity index (χ0v) is 10.5. The number of halogens is 1. The molecular weight excluding hydrogens is 259 g/mol. The van der Waals surface area contributed by atoms with Crippen LogP contribution in [0.4, 0.5) is 10.1 Å². The van der Waals surface area contributed by atoms with Crippen molar-refractivity contribution in [2.24, 2.45) is 0 Å². The van der Waals surface area contributed by atoms with E-state index in [2.05, 4.69) is 4.72 Å². The van der Waals surface area contributed by atoms with Gasteiger partial charge in [-0.3, -0.25) is 0 Å². The average Bonchev–Trinajstić information content (AvgIpc) is 2.83. The van der Waals surface area contributed by atoms with Crippen LogP contribution in [0, 0.1) is 5.82 Å². The van der Waals surface area contributed by atoms with Gasteiger partial charge in [0, 0.05) is 13.2 Å². The van der Waals surface area contributed by atoms with Crippen molar-refractivity contribution in [2.75, 3.05) is 18.9 Å². The Labute approximate surface area is 105 Å². The van der Waals surface area contributed by atoms with Crippen molar-refractivity contribution in [3.63, 3.8) is 0 Å². The Morgan fingerprint density at radius 1 is 1.50 bits per heavy atom. The van der Waals surface area contributed by atoms with Crippen LogP contribution in [-0.4, -0.2) is 27.7 Å². The maximum atomic E-state index is 13.0. The smallest absolute Gasteiger partial charge is 0.240 e. The van der Waals surface area contributed by atoms with Crippen LogP contribution in [0.25, 0.3) is 0 Å². The third-order valence-electron chi connectivity index (χ3n) is 2.80. The van der Waals surface area contributed by atoms with Crippen molar-refractivity contribution in [1.29, 1.82) is 0 Å². The molecule has 1 unspecified atom stereocenters. The molecule has 1 aromatic carbocycles. The lowest BCUT2D eigenvalue weighted by Gasteiger charge is -2.11. The Balaban J connectivity index is 2.07. The Hall–Kier alpha value is -1.18. The fraction of sp³-hybridized carbons (Fsp3) is 0.455. The fourth-order valence-electron chi connectivity index (χ4n) is 1.78. The molecule has 0 aromatic heterocycles. The quantitative estimate of drug-likeness (QED) is 0.798. The highest BCUT2D eigenvalue weighted by atomic mass is 32.2. The standard InChI is InChI=1S/C11H15FN2O3S/c12-10-4-3-9(6-11(10)13)18(15,16)14-7-8-2-1-5-17-8/h3-4,6,8,14H,1-2,5,7,13H2. The third-order valence-corrected chi connectivity index (χ3v) is 4.22. The topological polar surface area (TPSA) is 81.4 Å². The van der Waals surface area contributed by atoms with E-state index in [0.29, 0.717) is 6.61 Å². The first kappa shape index (κ1) is 13.3. The molecule has 5 nitrogen and oxygen atoms in total. The van der Waals surface area contributed by atoms with E-state index in [1.165, 1.54) is 6.07 Å². The summed E-state index contributed by atoms with van der Waals surface area (Å²) in [5, 5.41) is 0. The van der Waals surface area contributed by atoms with E-state index >= 15 is 0 Å². The second-order valence-corrected chi connectivity index (χ2v) is 5.94. The second-order valence-electron chi connectivity index (χ2n) is 4.17. The number of nitrogen functional groups attached to an aromatic ring is 1. The van der Waals surface area contributed by atoms with Gasteiger partial charge >= 0.3 is 0 Å². The molecule has 1 saturated heterocycles. The number of nitrogens with two attached hydrogens (primary N) is 1. The highest BCUT2D eigenvalue weighted by Crippen LogP contribution is 2.17. The molecule has 100 valence electrons. The Bertz CT molecular complexity index is 527. The molecule has 1 fully saturated rings. The van der Waals surface area contributed by atoms with E-state index in [1.807, 2.05) is 0 Å². The lowest BCUT2D eigenvalue weighted by molar-refractivity contribution is 0.114. The van der Waals surface area contributed by atoms with E-state index in [-0.39, 0.29) is 23.2 Å². The second kappa shape index (κ2) is 5.21. The van der Waals surface area contributed by atoms with Crippen LogP contribution in [-0.2, 0) is 14.8 Å². The summed E-state index contributed by atoms with van der Waals surface area (Å²) in [7, 11) is -3.66.